The minimum Gasteiger partial charge on any atom is -0.482 e. The molecule has 2 atom stereocenters. The van der Waals surface area contributed by atoms with Gasteiger partial charge in [-0.15, -0.1) is 0 Å². The van der Waals surface area contributed by atoms with E-state index < -0.39 is 0 Å². The summed E-state index contributed by atoms with van der Waals surface area (Å²) < 4.78 is 11.0. The lowest BCUT2D eigenvalue weighted by Gasteiger charge is -2.35. The van der Waals surface area contributed by atoms with Gasteiger partial charge in [0.2, 0.25) is 0 Å². The van der Waals surface area contributed by atoms with Crippen molar-refractivity contribution in [3.63, 3.8) is 0 Å². The molecule has 2 rings (SSSR count). The van der Waals surface area contributed by atoms with Crippen molar-refractivity contribution < 1.29 is 14.3 Å². The first-order chi connectivity index (χ1) is 9.99. The van der Waals surface area contributed by atoms with Gasteiger partial charge in [0, 0.05) is 13.1 Å². The molecular formula is C15H17ClN2O3. The van der Waals surface area contributed by atoms with Crippen molar-refractivity contribution >= 4 is 17.5 Å². The molecule has 0 spiro atoms. The average Bonchev–Trinajstić information content (AvgIpc) is 2.44. The minimum atomic E-state index is -0.0996. The van der Waals surface area contributed by atoms with E-state index in [1.54, 1.807) is 17.0 Å². The summed E-state index contributed by atoms with van der Waals surface area (Å²) in [5, 5.41) is 9.09. The molecule has 112 valence electrons. The van der Waals surface area contributed by atoms with Crippen LogP contribution in [-0.4, -0.2) is 42.7 Å². The molecule has 0 saturated carbocycles. The molecule has 1 aliphatic rings. The Bertz CT molecular complexity index is 561. The van der Waals surface area contributed by atoms with Gasteiger partial charge in [0.15, 0.2) is 6.61 Å². The van der Waals surface area contributed by atoms with Crippen molar-refractivity contribution in [2.45, 2.75) is 26.1 Å². The van der Waals surface area contributed by atoms with Crippen molar-refractivity contribution in [2.24, 2.45) is 0 Å². The Kier molecular flexibility index (Phi) is 5.05. The fourth-order valence-corrected chi connectivity index (χ4v) is 2.53. The average molecular weight is 309 g/mol. The summed E-state index contributed by atoms with van der Waals surface area (Å²) in [5.41, 5.74) is 0.453. The zero-order valence-electron chi connectivity index (χ0n) is 12.0. The number of hydrogen-bond acceptors (Lipinski definition) is 4. The van der Waals surface area contributed by atoms with Gasteiger partial charge in [-0.3, -0.25) is 4.79 Å². The number of ether oxygens (including phenoxy) is 2. The third kappa shape index (κ3) is 4.10. The molecule has 2 unspecified atom stereocenters. The summed E-state index contributed by atoms with van der Waals surface area (Å²) in [7, 11) is 0. The van der Waals surface area contributed by atoms with E-state index >= 15 is 0 Å². The number of nitriles is 1. The van der Waals surface area contributed by atoms with Gasteiger partial charge in [-0.25, -0.2) is 0 Å². The highest BCUT2D eigenvalue weighted by Gasteiger charge is 2.26. The zero-order valence-corrected chi connectivity index (χ0v) is 12.8. The predicted octanol–water partition coefficient (Wildman–Crippen LogP) is 2.23. The highest BCUT2D eigenvalue weighted by Crippen LogP contribution is 2.25. The molecule has 1 saturated heterocycles. The smallest absolute Gasteiger partial charge is 0.260 e. The second-order valence-electron chi connectivity index (χ2n) is 5.10. The molecule has 0 bridgehead atoms. The van der Waals surface area contributed by atoms with Crippen LogP contribution < -0.4 is 4.74 Å². The van der Waals surface area contributed by atoms with Gasteiger partial charge in [-0.2, -0.15) is 5.26 Å². The van der Waals surface area contributed by atoms with Crippen molar-refractivity contribution in [1.29, 1.82) is 5.26 Å². The van der Waals surface area contributed by atoms with Crippen molar-refractivity contribution in [3.05, 3.63) is 28.8 Å². The third-order valence-corrected chi connectivity index (χ3v) is 3.48. The Balaban J connectivity index is 1.93. The van der Waals surface area contributed by atoms with E-state index in [0.29, 0.717) is 29.4 Å². The Hall–Kier alpha value is -1.77. The number of hydrogen-bond donors (Lipinski definition) is 0. The number of halogens is 1. The highest BCUT2D eigenvalue weighted by atomic mass is 35.5. The second kappa shape index (κ2) is 6.79. The molecular weight excluding hydrogens is 292 g/mol. The fraction of sp³-hybridized carbons (Fsp3) is 0.467. The SMILES string of the molecule is CC1CN(C(=O)COc2ccc(C#N)cc2Cl)CC(C)O1. The largest absolute Gasteiger partial charge is 0.482 e. The van der Waals surface area contributed by atoms with E-state index in [-0.39, 0.29) is 24.7 Å². The van der Waals surface area contributed by atoms with E-state index in [0.717, 1.165) is 0 Å². The summed E-state index contributed by atoms with van der Waals surface area (Å²) in [6.07, 6.45) is 0.0485. The first-order valence-electron chi connectivity index (χ1n) is 6.75. The Morgan fingerprint density at radius 2 is 2.14 bits per heavy atom. The number of benzene rings is 1. The van der Waals surface area contributed by atoms with Crippen LogP contribution in [0.15, 0.2) is 18.2 Å². The van der Waals surface area contributed by atoms with Crippen LogP contribution in [-0.2, 0) is 9.53 Å². The first kappa shape index (κ1) is 15.6. The topological polar surface area (TPSA) is 62.6 Å². The molecule has 0 radical (unpaired) electrons. The predicted molar refractivity (Wildman–Crippen MR) is 78.3 cm³/mol. The summed E-state index contributed by atoms with van der Waals surface area (Å²) in [6, 6.07) is 6.70. The van der Waals surface area contributed by atoms with Crippen LogP contribution in [0.2, 0.25) is 5.02 Å². The second-order valence-corrected chi connectivity index (χ2v) is 5.51. The third-order valence-electron chi connectivity index (χ3n) is 3.18. The highest BCUT2D eigenvalue weighted by molar-refractivity contribution is 6.32. The summed E-state index contributed by atoms with van der Waals surface area (Å²) >= 11 is 6.00. The molecule has 1 amide bonds. The van der Waals surface area contributed by atoms with Crippen LogP contribution in [0.5, 0.6) is 5.75 Å². The van der Waals surface area contributed by atoms with Gasteiger partial charge in [0.25, 0.3) is 5.91 Å². The van der Waals surface area contributed by atoms with E-state index in [9.17, 15) is 4.79 Å². The van der Waals surface area contributed by atoms with E-state index in [2.05, 4.69) is 0 Å². The lowest BCUT2D eigenvalue weighted by molar-refractivity contribution is -0.145. The maximum atomic E-state index is 12.1. The quantitative estimate of drug-likeness (QED) is 0.859. The van der Waals surface area contributed by atoms with Crippen molar-refractivity contribution in [1.82, 2.24) is 4.90 Å². The Labute approximate surface area is 129 Å². The molecule has 0 N–H and O–H groups in total. The lowest BCUT2D eigenvalue weighted by atomic mass is 10.2. The molecule has 1 aliphatic heterocycles. The number of carbonyl (C=O) groups is 1. The zero-order chi connectivity index (χ0) is 15.4. The number of rotatable bonds is 3. The van der Waals surface area contributed by atoms with E-state index in [4.69, 9.17) is 26.3 Å². The number of nitrogens with zero attached hydrogens (tertiary/aromatic N) is 2. The van der Waals surface area contributed by atoms with Crippen molar-refractivity contribution in [3.8, 4) is 11.8 Å². The van der Waals surface area contributed by atoms with Crippen LogP contribution in [0.1, 0.15) is 19.4 Å². The lowest BCUT2D eigenvalue weighted by Crippen LogP contribution is -2.49. The maximum Gasteiger partial charge on any atom is 0.260 e. The Morgan fingerprint density at radius 3 is 2.71 bits per heavy atom. The molecule has 21 heavy (non-hydrogen) atoms. The van der Waals surface area contributed by atoms with Crippen LogP contribution >= 0.6 is 11.6 Å². The maximum absolute atomic E-state index is 12.1. The van der Waals surface area contributed by atoms with Crippen LogP contribution in [0.25, 0.3) is 0 Å². The number of carbonyl (C=O) groups excluding carboxylic acids is 1. The van der Waals surface area contributed by atoms with Gasteiger partial charge < -0.3 is 14.4 Å². The number of morpholine rings is 1. The summed E-state index contributed by atoms with van der Waals surface area (Å²) in [4.78, 5) is 13.9. The van der Waals surface area contributed by atoms with Gasteiger partial charge in [-0.05, 0) is 32.0 Å². The van der Waals surface area contributed by atoms with Gasteiger partial charge in [0.05, 0.1) is 28.9 Å². The molecule has 0 aliphatic carbocycles. The molecule has 6 heteroatoms. The standard InChI is InChI=1S/C15H17ClN2O3/c1-10-7-18(8-11(2)21-10)15(19)9-20-14-4-3-12(6-17)5-13(14)16/h3-5,10-11H,7-9H2,1-2H3. The monoisotopic (exact) mass is 308 g/mol. The molecule has 5 nitrogen and oxygen atoms in total. The number of amides is 1. The Morgan fingerprint density at radius 1 is 1.48 bits per heavy atom. The normalized spacial score (nSPS) is 21.7. The minimum absolute atomic E-state index is 0.0243. The van der Waals surface area contributed by atoms with Crippen LogP contribution in [0.4, 0.5) is 0 Å². The molecule has 1 heterocycles. The van der Waals surface area contributed by atoms with Crippen LogP contribution in [0.3, 0.4) is 0 Å². The molecule has 1 aromatic rings. The molecule has 1 fully saturated rings. The van der Waals surface area contributed by atoms with E-state index in [1.165, 1.54) is 6.07 Å². The van der Waals surface area contributed by atoms with Crippen LogP contribution in [0, 0.1) is 11.3 Å². The molecule has 0 aromatic heterocycles. The summed E-state index contributed by atoms with van der Waals surface area (Å²) in [5.74, 6) is 0.302. The van der Waals surface area contributed by atoms with Crippen molar-refractivity contribution in [2.75, 3.05) is 19.7 Å². The van der Waals surface area contributed by atoms with Gasteiger partial charge in [0.1, 0.15) is 5.75 Å². The summed E-state index contributed by atoms with van der Waals surface area (Å²) in [6.45, 7) is 4.93. The fourth-order valence-electron chi connectivity index (χ4n) is 2.30. The van der Waals surface area contributed by atoms with Gasteiger partial charge in [-0.1, -0.05) is 11.6 Å². The molecule has 1 aromatic carbocycles. The van der Waals surface area contributed by atoms with Gasteiger partial charge >= 0.3 is 0 Å². The first-order valence-corrected chi connectivity index (χ1v) is 7.13. The van der Waals surface area contributed by atoms with E-state index in [1.807, 2.05) is 19.9 Å².